The molecule has 4 nitrogen and oxygen atoms in total. The number of nitrogens with one attached hydrogen (secondary N) is 1. The summed E-state index contributed by atoms with van der Waals surface area (Å²) in [6.07, 6.45) is 1.95. The van der Waals surface area contributed by atoms with Crippen LogP contribution >= 0.6 is 0 Å². The van der Waals surface area contributed by atoms with Crippen molar-refractivity contribution in [3.8, 4) is 0 Å². The molecule has 0 bridgehead atoms. The van der Waals surface area contributed by atoms with Gasteiger partial charge >= 0.3 is 5.97 Å². The Balaban J connectivity index is 2.18. The maximum Gasteiger partial charge on any atom is 0.303 e. The van der Waals surface area contributed by atoms with Crippen molar-refractivity contribution in [1.29, 1.82) is 0 Å². The number of carboxylic acid groups (broad SMARTS) is 1. The summed E-state index contributed by atoms with van der Waals surface area (Å²) in [6, 6.07) is 4.59. The minimum atomic E-state index is -0.764. The van der Waals surface area contributed by atoms with Gasteiger partial charge in [-0.05, 0) is 43.5 Å². The van der Waals surface area contributed by atoms with Crippen molar-refractivity contribution in [3.63, 3.8) is 0 Å². The van der Waals surface area contributed by atoms with Crippen molar-refractivity contribution in [1.82, 2.24) is 5.32 Å². The molecule has 0 aliphatic heterocycles. The zero-order valence-electron chi connectivity index (χ0n) is 11.7. The summed E-state index contributed by atoms with van der Waals surface area (Å²) < 4.78 is 13.1. The van der Waals surface area contributed by atoms with E-state index in [-0.39, 0.29) is 12.2 Å². The lowest BCUT2D eigenvalue weighted by Crippen LogP contribution is -2.22. The molecular formula is C15H22FNO3. The average Bonchev–Trinajstić information content (AvgIpc) is 2.40. The third-order valence-corrected chi connectivity index (χ3v) is 3.15. The van der Waals surface area contributed by atoms with Crippen LogP contribution in [0.5, 0.6) is 0 Å². The first-order valence-electron chi connectivity index (χ1n) is 6.87. The molecule has 0 aromatic heterocycles. The van der Waals surface area contributed by atoms with Gasteiger partial charge < -0.3 is 15.5 Å². The Bertz CT molecular complexity index is 437. The molecule has 0 aliphatic rings. The topological polar surface area (TPSA) is 69.6 Å². The number of carbonyl (C=O) groups is 1. The second-order valence-electron chi connectivity index (χ2n) is 4.93. The third-order valence-electron chi connectivity index (χ3n) is 3.15. The van der Waals surface area contributed by atoms with Crippen LogP contribution in [0.3, 0.4) is 0 Å². The Hall–Kier alpha value is -1.46. The van der Waals surface area contributed by atoms with Crippen LogP contribution in [-0.4, -0.2) is 29.3 Å². The second-order valence-corrected chi connectivity index (χ2v) is 4.93. The smallest absolute Gasteiger partial charge is 0.303 e. The zero-order valence-corrected chi connectivity index (χ0v) is 11.7. The van der Waals surface area contributed by atoms with E-state index in [0.29, 0.717) is 24.1 Å². The first kappa shape index (κ1) is 16.6. The molecule has 112 valence electrons. The summed E-state index contributed by atoms with van der Waals surface area (Å²) in [7, 11) is 0. The lowest BCUT2D eigenvalue weighted by atomic mass is 10.1. The number of unbranched alkanes of at least 4 members (excludes halogenated alkanes) is 2. The molecule has 5 heteroatoms. The molecule has 0 fully saturated rings. The molecule has 1 unspecified atom stereocenters. The highest BCUT2D eigenvalue weighted by Gasteiger charge is 2.08. The molecule has 1 atom stereocenters. The molecule has 3 N–H and O–H groups in total. The van der Waals surface area contributed by atoms with Gasteiger partial charge in [-0.1, -0.05) is 18.6 Å². The number of rotatable bonds is 9. The third kappa shape index (κ3) is 6.12. The minimum Gasteiger partial charge on any atom is -0.481 e. The van der Waals surface area contributed by atoms with Crippen molar-refractivity contribution < 1.29 is 19.4 Å². The van der Waals surface area contributed by atoms with Gasteiger partial charge in [-0.2, -0.15) is 0 Å². The summed E-state index contributed by atoms with van der Waals surface area (Å²) in [5, 5.41) is 21.5. The number of aliphatic hydroxyl groups is 1. The normalized spacial score (nSPS) is 12.3. The van der Waals surface area contributed by atoms with Gasteiger partial charge in [0.15, 0.2) is 0 Å². The molecule has 0 amide bonds. The molecule has 1 aromatic carbocycles. The molecule has 0 saturated carbocycles. The average molecular weight is 283 g/mol. The number of aryl methyl sites for hydroxylation is 1. The van der Waals surface area contributed by atoms with Gasteiger partial charge in [0.2, 0.25) is 0 Å². The lowest BCUT2D eigenvalue weighted by molar-refractivity contribution is -0.137. The fourth-order valence-corrected chi connectivity index (χ4v) is 1.93. The van der Waals surface area contributed by atoms with Gasteiger partial charge in [0.1, 0.15) is 5.82 Å². The number of hydrogen-bond donors (Lipinski definition) is 3. The molecule has 1 rings (SSSR count). The standard InChI is InChI=1S/C15H22FNO3/c1-11-9-12(6-7-13(11)16)14(18)10-17-8-4-2-3-5-15(19)20/h6-7,9,14,17-18H,2-5,8,10H2,1H3,(H,19,20). The fraction of sp³-hybridized carbons (Fsp3) is 0.533. The summed E-state index contributed by atoms with van der Waals surface area (Å²) in [5.74, 6) is -1.03. The molecule has 1 aromatic rings. The van der Waals surface area contributed by atoms with Crippen molar-refractivity contribution >= 4 is 5.97 Å². The number of benzene rings is 1. The molecule has 0 spiro atoms. The maximum absolute atomic E-state index is 13.1. The van der Waals surface area contributed by atoms with Crippen LogP contribution in [0, 0.1) is 12.7 Å². The number of aliphatic carboxylic acids is 1. The predicted octanol–water partition coefficient (Wildman–Crippen LogP) is 2.40. The molecular weight excluding hydrogens is 261 g/mol. The summed E-state index contributed by atoms with van der Waals surface area (Å²) >= 11 is 0. The van der Waals surface area contributed by atoms with Gasteiger partial charge in [0.25, 0.3) is 0 Å². The number of halogens is 1. The number of hydrogen-bond acceptors (Lipinski definition) is 3. The minimum absolute atomic E-state index is 0.206. The van der Waals surface area contributed by atoms with Crippen LogP contribution in [-0.2, 0) is 4.79 Å². The van der Waals surface area contributed by atoms with Gasteiger partial charge in [-0.15, -0.1) is 0 Å². The van der Waals surface area contributed by atoms with Crippen LogP contribution < -0.4 is 5.32 Å². The van der Waals surface area contributed by atoms with Crippen LogP contribution in [0.15, 0.2) is 18.2 Å². The summed E-state index contributed by atoms with van der Waals surface area (Å²) in [4.78, 5) is 10.3. The summed E-state index contributed by atoms with van der Waals surface area (Å²) in [5.41, 5.74) is 1.22. The molecule has 20 heavy (non-hydrogen) atoms. The van der Waals surface area contributed by atoms with E-state index < -0.39 is 12.1 Å². The van der Waals surface area contributed by atoms with Gasteiger partial charge in [0, 0.05) is 13.0 Å². The Labute approximate surface area is 118 Å². The highest BCUT2D eigenvalue weighted by atomic mass is 19.1. The lowest BCUT2D eigenvalue weighted by Gasteiger charge is -2.13. The fourth-order valence-electron chi connectivity index (χ4n) is 1.93. The Morgan fingerprint density at radius 2 is 2.10 bits per heavy atom. The van der Waals surface area contributed by atoms with Crippen LogP contribution in [0.2, 0.25) is 0 Å². The Morgan fingerprint density at radius 3 is 2.75 bits per heavy atom. The van der Waals surface area contributed by atoms with Crippen molar-refractivity contribution in [2.45, 2.75) is 38.7 Å². The Morgan fingerprint density at radius 1 is 1.35 bits per heavy atom. The zero-order chi connectivity index (χ0) is 15.0. The van der Waals surface area contributed by atoms with E-state index in [1.54, 1.807) is 19.1 Å². The Kier molecular flexibility index (Phi) is 7.18. The van der Waals surface area contributed by atoms with Gasteiger partial charge in [0.05, 0.1) is 6.10 Å². The number of aliphatic hydroxyl groups excluding tert-OH is 1. The molecule has 0 heterocycles. The van der Waals surface area contributed by atoms with E-state index >= 15 is 0 Å². The van der Waals surface area contributed by atoms with Crippen molar-refractivity contribution in [2.75, 3.05) is 13.1 Å². The highest BCUT2D eigenvalue weighted by Crippen LogP contribution is 2.16. The van der Waals surface area contributed by atoms with E-state index in [1.165, 1.54) is 6.07 Å². The molecule has 0 radical (unpaired) electrons. The predicted molar refractivity (Wildman–Crippen MR) is 75.1 cm³/mol. The van der Waals surface area contributed by atoms with Crippen LogP contribution in [0.4, 0.5) is 4.39 Å². The van der Waals surface area contributed by atoms with E-state index in [2.05, 4.69) is 5.32 Å². The first-order valence-corrected chi connectivity index (χ1v) is 6.87. The van der Waals surface area contributed by atoms with Crippen molar-refractivity contribution in [3.05, 3.63) is 35.1 Å². The largest absolute Gasteiger partial charge is 0.481 e. The molecule has 0 aliphatic carbocycles. The van der Waals surface area contributed by atoms with Crippen molar-refractivity contribution in [2.24, 2.45) is 0 Å². The SMILES string of the molecule is Cc1cc(C(O)CNCCCCCC(=O)O)ccc1F. The quantitative estimate of drug-likeness (QED) is 0.609. The highest BCUT2D eigenvalue weighted by molar-refractivity contribution is 5.66. The van der Waals surface area contributed by atoms with E-state index in [1.807, 2.05) is 0 Å². The van der Waals surface area contributed by atoms with E-state index in [4.69, 9.17) is 5.11 Å². The first-order chi connectivity index (χ1) is 9.50. The van der Waals surface area contributed by atoms with Crippen LogP contribution in [0.25, 0.3) is 0 Å². The monoisotopic (exact) mass is 283 g/mol. The number of carboxylic acids is 1. The maximum atomic E-state index is 13.1. The second kappa shape index (κ2) is 8.66. The summed E-state index contributed by atoms with van der Waals surface area (Å²) in [6.45, 7) is 2.81. The van der Waals surface area contributed by atoms with E-state index in [0.717, 1.165) is 19.4 Å². The van der Waals surface area contributed by atoms with Gasteiger partial charge in [-0.25, -0.2) is 4.39 Å². The molecule has 0 saturated heterocycles. The van der Waals surface area contributed by atoms with E-state index in [9.17, 15) is 14.3 Å². The van der Waals surface area contributed by atoms with Gasteiger partial charge in [-0.3, -0.25) is 4.79 Å². The van der Waals surface area contributed by atoms with Crippen LogP contribution in [0.1, 0.15) is 42.9 Å².